The van der Waals surface area contributed by atoms with Crippen LogP contribution >= 0.6 is 0 Å². The molecule has 0 saturated heterocycles. The first-order valence-electron chi connectivity index (χ1n) is 9.19. The van der Waals surface area contributed by atoms with Gasteiger partial charge in [0.05, 0.1) is 11.6 Å². The Hall–Kier alpha value is -2.92. The van der Waals surface area contributed by atoms with E-state index in [0.29, 0.717) is 11.7 Å². The molecular formula is C22H25N4O+. The van der Waals surface area contributed by atoms with Gasteiger partial charge in [-0.2, -0.15) is 5.41 Å². The lowest BCUT2D eigenvalue weighted by Gasteiger charge is -2.28. The first kappa shape index (κ1) is 17.5. The fraction of sp³-hybridized carbons (Fsp3) is 0.273. The summed E-state index contributed by atoms with van der Waals surface area (Å²) in [6.45, 7) is 1.91. The number of nitrogen functional groups attached to an aromatic ring is 1. The van der Waals surface area contributed by atoms with E-state index < -0.39 is 6.23 Å². The van der Waals surface area contributed by atoms with E-state index in [0.717, 1.165) is 29.6 Å². The highest BCUT2D eigenvalue weighted by Gasteiger charge is 2.52. The Morgan fingerprint density at radius 2 is 1.93 bits per heavy atom. The Morgan fingerprint density at radius 1 is 1.22 bits per heavy atom. The Bertz CT molecular complexity index is 958. The van der Waals surface area contributed by atoms with Crippen LogP contribution in [-0.2, 0) is 5.41 Å². The lowest BCUT2D eigenvalue weighted by Crippen LogP contribution is -2.51. The zero-order valence-corrected chi connectivity index (χ0v) is 15.7. The Kier molecular flexibility index (Phi) is 4.12. The third-order valence-corrected chi connectivity index (χ3v) is 5.60. The van der Waals surface area contributed by atoms with Crippen molar-refractivity contribution in [1.29, 1.82) is 5.41 Å². The molecule has 2 heterocycles. The molecule has 5 heteroatoms. The summed E-state index contributed by atoms with van der Waals surface area (Å²) in [5, 5.41) is 19.0. The highest BCUT2D eigenvalue weighted by Crippen LogP contribution is 2.48. The molecule has 1 unspecified atom stereocenters. The van der Waals surface area contributed by atoms with Crippen LogP contribution in [0.3, 0.4) is 0 Å². The monoisotopic (exact) mass is 361 g/mol. The van der Waals surface area contributed by atoms with Crippen molar-refractivity contribution >= 4 is 17.2 Å². The number of hydrogen-bond donors (Lipinski definition) is 3. The molecule has 0 spiro atoms. The van der Waals surface area contributed by atoms with E-state index in [2.05, 4.69) is 12.1 Å². The third-order valence-electron chi connectivity index (χ3n) is 5.60. The molecule has 2 aromatic rings. The van der Waals surface area contributed by atoms with Crippen molar-refractivity contribution in [3.05, 3.63) is 77.6 Å². The summed E-state index contributed by atoms with van der Waals surface area (Å²) < 4.78 is 1.80. The molecule has 27 heavy (non-hydrogen) atoms. The van der Waals surface area contributed by atoms with Gasteiger partial charge < -0.3 is 15.7 Å². The van der Waals surface area contributed by atoms with Gasteiger partial charge in [0, 0.05) is 30.5 Å². The lowest BCUT2D eigenvalue weighted by atomic mass is 9.94. The second-order valence-corrected chi connectivity index (χ2v) is 7.52. The van der Waals surface area contributed by atoms with E-state index >= 15 is 0 Å². The Morgan fingerprint density at radius 3 is 2.56 bits per heavy atom. The number of hydrogen-bond acceptors (Lipinski definition) is 4. The molecule has 4 N–H and O–H groups in total. The zero-order valence-electron chi connectivity index (χ0n) is 15.7. The van der Waals surface area contributed by atoms with E-state index in [-0.39, 0.29) is 5.41 Å². The standard InChI is InChI=1S/C22H24N4O/c1-15-12-17(13-25(2)20(15)27)16-8-9-19(23)26(14-16)21(24)22(10-11-22)18-6-4-3-5-7-18/h3-9,12-14,20,23-24,27H,10-11H2,1-2H3/p+1. The number of anilines is 1. The van der Waals surface area contributed by atoms with Crippen LogP contribution in [0.15, 0.2) is 66.5 Å². The zero-order chi connectivity index (χ0) is 19.2. The summed E-state index contributed by atoms with van der Waals surface area (Å²) in [5.41, 5.74) is 10.00. The molecular weight excluding hydrogens is 336 g/mol. The van der Waals surface area contributed by atoms with E-state index in [9.17, 15) is 5.11 Å². The number of benzene rings is 1. The molecule has 2 aliphatic rings. The van der Waals surface area contributed by atoms with Gasteiger partial charge in [-0.25, -0.2) is 4.57 Å². The number of likely N-dealkylation sites (N-methyl/N-ethyl adjacent to an activating group) is 1. The van der Waals surface area contributed by atoms with E-state index in [4.69, 9.17) is 11.1 Å². The summed E-state index contributed by atoms with van der Waals surface area (Å²) >= 11 is 0. The molecule has 1 aromatic carbocycles. The van der Waals surface area contributed by atoms with Crippen LogP contribution in [0.5, 0.6) is 0 Å². The molecule has 1 atom stereocenters. The van der Waals surface area contributed by atoms with E-state index in [1.807, 2.05) is 62.8 Å². The highest BCUT2D eigenvalue weighted by atomic mass is 16.3. The van der Waals surface area contributed by atoms with Crippen molar-refractivity contribution in [2.24, 2.45) is 0 Å². The normalized spacial score (nSPS) is 20.7. The van der Waals surface area contributed by atoms with Crippen LogP contribution in [0.25, 0.3) is 5.57 Å². The molecule has 0 amide bonds. The van der Waals surface area contributed by atoms with Crippen molar-refractivity contribution < 1.29 is 9.67 Å². The van der Waals surface area contributed by atoms with Crippen LogP contribution in [0.4, 0.5) is 5.82 Å². The Balaban J connectivity index is 1.72. The quantitative estimate of drug-likeness (QED) is 0.447. The fourth-order valence-corrected chi connectivity index (χ4v) is 3.78. The number of aliphatic hydroxyl groups excluding tert-OH is 1. The number of aliphatic hydroxyl groups is 1. The highest BCUT2D eigenvalue weighted by molar-refractivity contribution is 5.88. The van der Waals surface area contributed by atoms with Crippen molar-refractivity contribution in [3.63, 3.8) is 0 Å². The maximum atomic E-state index is 10.1. The minimum Gasteiger partial charge on any atom is -0.370 e. The fourth-order valence-electron chi connectivity index (χ4n) is 3.78. The smallest absolute Gasteiger partial charge is 0.245 e. The van der Waals surface area contributed by atoms with Crippen molar-refractivity contribution in [3.8, 4) is 0 Å². The van der Waals surface area contributed by atoms with Crippen LogP contribution in [0, 0.1) is 5.41 Å². The van der Waals surface area contributed by atoms with E-state index in [1.165, 1.54) is 5.56 Å². The minimum absolute atomic E-state index is 0.252. The molecule has 1 aromatic heterocycles. The third kappa shape index (κ3) is 2.94. The van der Waals surface area contributed by atoms with Gasteiger partial charge in [-0.3, -0.25) is 0 Å². The van der Waals surface area contributed by atoms with Gasteiger partial charge in [-0.1, -0.05) is 30.3 Å². The number of aromatic nitrogens is 1. The SMILES string of the molecule is CC1=CC(c2ccc(N)[n+](C(=N)C3(c4ccccc4)CC3)c2)=CN(C)C1O. The summed E-state index contributed by atoms with van der Waals surface area (Å²) in [4.78, 5) is 1.78. The molecule has 4 rings (SSSR count). The van der Waals surface area contributed by atoms with Gasteiger partial charge in [0.25, 0.3) is 0 Å². The van der Waals surface area contributed by atoms with Crippen LogP contribution < -0.4 is 10.3 Å². The number of allylic oxidation sites excluding steroid dienone is 2. The summed E-state index contributed by atoms with van der Waals surface area (Å²) in [5.74, 6) is 1.06. The molecule has 5 nitrogen and oxygen atoms in total. The topological polar surface area (TPSA) is 77.2 Å². The minimum atomic E-state index is -0.597. The number of nitrogens with two attached hydrogens (primary N) is 1. The van der Waals surface area contributed by atoms with Gasteiger partial charge in [0.1, 0.15) is 6.23 Å². The maximum Gasteiger partial charge on any atom is 0.245 e. The van der Waals surface area contributed by atoms with Gasteiger partial charge in [0.15, 0.2) is 0 Å². The van der Waals surface area contributed by atoms with Crippen molar-refractivity contribution in [2.45, 2.75) is 31.4 Å². The van der Waals surface area contributed by atoms with Gasteiger partial charge in [-0.05, 0) is 43.0 Å². The summed E-state index contributed by atoms with van der Waals surface area (Å²) in [7, 11) is 1.85. The van der Waals surface area contributed by atoms with Crippen molar-refractivity contribution in [1.82, 2.24) is 4.90 Å². The van der Waals surface area contributed by atoms with Gasteiger partial charge >= 0.3 is 0 Å². The number of pyridine rings is 1. The molecule has 0 radical (unpaired) electrons. The summed E-state index contributed by atoms with van der Waals surface area (Å²) in [6.07, 6.45) is 7.16. The molecule has 1 fully saturated rings. The number of nitrogens with one attached hydrogen (secondary N) is 1. The lowest BCUT2D eigenvalue weighted by molar-refractivity contribution is -0.545. The van der Waals surface area contributed by atoms with E-state index in [1.54, 1.807) is 9.47 Å². The predicted octanol–water partition coefficient (Wildman–Crippen LogP) is 2.66. The summed E-state index contributed by atoms with van der Waals surface area (Å²) in [6, 6.07) is 14.0. The largest absolute Gasteiger partial charge is 0.370 e. The second kappa shape index (κ2) is 6.35. The average molecular weight is 361 g/mol. The van der Waals surface area contributed by atoms with Gasteiger partial charge in [-0.15, -0.1) is 0 Å². The maximum absolute atomic E-state index is 10.1. The predicted molar refractivity (Wildman–Crippen MR) is 107 cm³/mol. The average Bonchev–Trinajstić information content (AvgIpc) is 3.48. The number of nitrogens with zero attached hydrogens (tertiary/aromatic N) is 2. The first-order valence-corrected chi connectivity index (χ1v) is 9.19. The first-order chi connectivity index (χ1) is 12.9. The second-order valence-electron chi connectivity index (χ2n) is 7.52. The van der Waals surface area contributed by atoms with Gasteiger partial charge in [0.2, 0.25) is 11.7 Å². The van der Waals surface area contributed by atoms with Crippen molar-refractivity contribution in [2.75, 3.05) is 12.8 Å². The van der Waals surface area contributed by atoms with Crippen LogP contribution in [0.1, 0.15) is 30.9 Å². The van der Waals surface area contributed by atoms with Crippen LogP contribution in [0.2, 0.25) is 0 Å². The molecule has 138 valence electrons. The number of rotatable bonds is 3. The molecule has 1 aliphatic heterocycles. The Labute approximate surface area is 159 Å². The van der Waals surface area contributed by atoms with Crippen LogP contribution in [-0.4, -0.2) is 29.1 Å². The molecule has 1 saturated carbocycles. The molecule has 0 bridgehead atoms. The molecule has 1 aliphatic carbocycles.